The molecule has 5 heteroatoms. The third-order valence-electron chi connectivity index (χ3n) is 4.98. The fourth-order valence-corrected chi connectivity index (χ4v) is 3.54. The Bertz CT molecular complexity index is 868. The van der Waals surface area contributed by atoms with Crippen LogP contribution in [-0.4, -0.2) is 33.3 Å². The second-order valence-electron chi connectivity index (χ2n) is 6.92. The van der Waals surface area contributed by atoms with E-state index in [1.54, 1.807) is 6.92 Å². The lowest BCUT2D eigenvalue weighted by atomic mass is 9.92. The number of Topliss-reactive ketones (excluding diaryl/α,β-unsaturated/α-hetero) is 1. The number of rotatable bonds is 3. The highest BCUT2D eigenvalue weighted by atomic mass is 16.1. The third-order valence-corrected chi connectivity index (χ3v) is 4.98. The van der Waals surface area contributed by atoms with Gasteiger partial charge in [0.15, 0.2) is 5.78 Å². The van der Waals surface area contributed by atoms with E-state index in [4.69, 9.17) is 0 Å². The summed E-state index contributed by atoms with van der Waals surface area (Å²) in [5.41, 5.74) is 4.51. The summed E-state index contributed by atoms with van der Waals surface area (Å²) in [5, 5.41) is 3.48. The van der Waals surface area contributed by atoms with Gasteiger partial charge in [-0.25, -0.2) is 9.97 Å². The fraction of sp³-hybridized carbons (Fsp3) is 0.350. The molecule has 3 aliphatic heterocycles. The summed E-state index contributed by atoms with van der Waals surface area (Å²) in [6.07, 6.45) is 4.07. The first-order chi connectivity index (χ1) is 12.1. The van der Waals surface area contributed by atoms with Gasteiger partial charge in [-0.3, -0.25) is 4.79 Å². The predicted molar refractivity (Wildman–Crippen MR) is 97.9 cm³/mol. The first-order valence-corrected chi connectivity index (χ1v) is 8.80. The lowest BCUT2D eigenvalue weighted by Crippen LogP contribution is -2.35. The number of piperidine rings is 1. The monoisotopic (exact) mass is 334 g/mol. The number of H-pyrrole nitrogens is 1. The van der Waals surface area contributed by atoms with Crippen LogP contribution in [0, 0.1) is 0 Å². The van der Waals surface area contributed by atoms with Crippen LogP contribution < -0.4 is 5.32 Å². The Morgan fingerprint density at radius 2 is 2.00 bits per heavy atom. The Labute approximate surface area is 147 Å². The van der Waals surface area contributed by atoms with Gasteiger partial charge < -0.3 is 10.3 Å². The van der Waals surface area contributed by atoms with E-state index in [-0.39, 0.29) is 5.78 Å². The molecule has 3 aliphatic rings. The second-order valence-corrected chi connectivity index (χ2v) is 6.92. The summed E-state index contributed by atoms with van der Waals surface area (Å²) in [6.45, 7) is 4.83. The molecule has 0 aliphatic carbocycles. The smallest absolute Gasteiger partial charge is 0.159 e. The van der Waals surface area contributed by atoms with Crippen LogP contribution in [0.3, 0.4) is 0 Å². The van der Waals surface area contributed by atoms with Gasteiger partial charge in [-0.1, -0.05) is 24.3 Å². The molecule has 25 heavy (non-hydrogen) atoms. The maximum Gasteiger partial charge on any atom is 0.159 e. The van der Waals surface area contributed by atoms with E-state index in [2.05, 4.69) is 33.3 Å². The molecule has 0 bridgehead atoms. The highest BCUT2D eigenvalue weighted by Crippen LogP contribution is 2.30. The molecule has 128 valence electrons. The van der Waals surface area contributed by atoms with Crippen LogP contribution in [0.4, 0.5) is 0 Å². The highest BCUT2D eigenvalue weighted by Gasteiger charge is 2.23. The molecule has 2 N–H and O–H groups in total. The van der Waals surface area contributed by atoms with Crippen molar-refractivity contribution in [2.75, 3.05) is 6.54 Å². The Kier molecular flexibility index (Phi) is 4.09. The number of carbonyl (C=O) groups excluding carboxylic acids is 1. The van der Waals surface area contributed by atoms with Gasteiger partial charge in [0.25, 0.3) is 0 Å². The van der Waals surface area contributed by atoms with Crippen LogP contribution in [0.25, 0.3) is 22.6 Å². The van der Waals surface area contributed by atoms with Crippen LogP contribution >= 0.6 is 0 Å². The van der Waals surface area contributed by atoms with E-state index in [1.807, 2.05) is 30.5 Å². The van der Waals surface area contributed by atoms with E-state index in [0.29, 0.717) is 12.0 Å². The van der Waals surface area contributed by atoms with Crippen molar-refractivity contribution < 1.29 is 4.79 Å². The molecular formula is C20H22N4O. The molecule has 2 unspecified atom stereocenters. The number of aromatic amines is 1. The molecule has 4 rings (SSSR count). The predicted octanol–water partition coefficient (Wildman–Crippen LogP) is 3.63. The van der Waals surface area contributed by atoms with Gasteiger partial charge in [0.1, 0.15) is 11.5 Å². The first kappa shape index (κ1) is 16.0. The first-order valence-electron chi connectivity index (χ1n) is 8.80. The van der Waals surface area contributed by atoms with Gasteiger partial charge in [0, 0.05) is 23.1 Å². The zero-order valence-corrected chi connectivity index (χ0v) is 14.5. The molecule has 0 saturated carbocycles. The topological polar surface area (TPSA) is 70.7 Å². The molecule has 3 heterocycles. The van der Waals surface area contributed by atoms with Gasteiger partial charge in [-0.05, 0) is 39.3 Å². The fourth-order valence-electron chi connectivity index (χ4n) is 3.54. The minimum atomic E-state index is 0.0746. The summed E-state index contributed by atoms with van der Waals surface area (Å²) in [6, 6.07) is 10.2. The lowest BCUT2D eigenvalue weighted by molar-refractivity contribution is 0.101. The van der Waals surface area contributed by atoms with Crippen molar-refractivity contribution in [3.8, 4) is 22.6 Å². The Hall–Kier alpha value is -2.53. The van der Waals surface area contributed by atoms with Crippen molar-refractivity contribution in [2.24, 2.45) is 0 Å². The largest absolute Gasteiger partial charge is 0.342 e. The van der Waals surface area contributed by atoms with Gasteiger partial charge in [-0.2, -0.15) is 0 Å². The molecule has 1 aromatic rings. The van der Waals surface area contributed by atoms with E-state index in [1.165, 1.54) is 0 Å². The number of fused-ring (bicyclic) bond motifs is 1. The maximum atomic E-state index is 11.4. The number of nitrogens with zero attached hydrogens (tertiary/aromatic N) is 2. The van der Waals surface area contributed by atoms with Crippen molar-refractivity contribution in [1.82, 2.24) is 20.3 Å². The minimum Gasteiger partial charge on any atom is -0.342 e. The van der Waals surface area contributed by atoms with Gasteiger partial charge in [0.2, 0.25) is 0 Å². The van der Waals surface area contributed by atoms with Gasteiger partial charge in [0.05, 0.1) is 17.6 Å². The lowest BCUT2D eigenvalue weighted by Gasteiger charge is -2.27. The average molecular weight is 334 g/mol. The molecule has 1 fully saturated rings. The standard InChI is InChI=1S/C20H22N4O/c1-12-9-16(7-8-21-12)20-22-11-19-18(24-20)10-17(23-19)15-5-3-14(4-6-15)13(2)25/h3-6,10-12,16,21H,7-9H2,1-2H3,(H,22,24). The Morgan fingerprint density at radius 3 is 2.72 bits per heavy atom. The van der Waals surface area contributed by atoms with Crippen LogP contribution in [0.5, 0.6) is 0 Å². The molecule has 0 spiro atoms. The number of ketones is 1. The quantitative estimate of drug-likeness (QED) is 0.718. The highest BCUT2D eigenvalue weighted by molar-refractivity contribution is 5.94. The summed E-state index contributed by atoms with van der Waals surface area (Å²) in [7, 11) is 0. The summed E-state index contributed by atoms with van der Waals surface area (Å²) < 4.78 is 0. The number of benzene rings is 1. The molecule has 0 aromatic heterocycles. The Balaban J connectivity index is 1.64. The zero-order chi connectivity index (χ0) is 17.4. The van der Waals surface area contributed by atoms with Crippen LogP contribution in [0.15, 0.2) is 36.5 Å². The SMILES string of the molecule is CC(=O)c1ccc(-c2cc3[nH]c(C4CCNC(C)C4)ncc-3n2)cc1. The average Bonchev–Trinajstić information content (AvgIpc) is 3.05. The van der Waals surface area contributed by atoms with E-state index in [0.717, 1.165) is 53.4 Å². The van der Waals surface area contributed by atoms with Crippen molar-refractivity contribution in [3.63, 3.8) is 0 Å². The van der Waals surface area contributed by atoms with E-state index in [9.17, 15) is 4.79 Å². The zero-order valence-electron chi connectivity index (χ0n) is 14.5. The van der Waals surface area contributed by atoms with Crippen LogP contribution in [-0.2, 0) is 0 Å². The molecule has 5 nitrogen and oxygen atoms in total. The number of hydrogen-bond acceptors (Lipinski definition) is 4. The molecule has 1 aromatic carbocycles. The molecular weight excluding hydrogens is 312 g/mol. The van der Waals surface area contributed by atoms with Crippen molar-refractivity contribution in [2.45, 2.75) is 38.6 Å². The van der Waals surface area contributed by atoms with E-state index >= 15 is 0 Å². The normalized spacial score (nSPS) is 20.7. The van der Waals surface area contributed by atoms with Crippen molar-refractivity contribution in [3.05, 3.63) is 47.9 Å². The minimum absolute atomic E-state index is 0.0746. The number of aromatic nitrogens is 3. The van der Waals surface area contributed by atoms with E-state index < -0.39 is 0 Å². The molecule has 2 atom stereocenters. The third kappa shape index (κ3) is 3.20. The summed E-state index contributed by atoms with van der Waals surface area (Å²) in [4.78, 5) is 24.2. The van der Waals surface area contributed by atoms with Crippen molar-refractivity contribution in [1.29, 1.82) is 0 Å². The number of hydrogen-bond donors (Lipinski definition) is 2. The second kappa shape index (κ2) is 6.41. The maximum absolute atomic E-state index is 11.4. The van der Waals surface area contributed by atoms with Crippen LogP contribution in [0.2, 0.25) is 0 Å². The molecule has 0 amide bonds. The van der Waals surface area contributed by atoms with Gasteiger partial charge >= 0.3 is 0 Å². The molecule has 0 radical (unpaired) electrons. The summed E-state index contributed by atoms with van der Waals surface area (Å²) >= 11 is 0. The molecule has 1 saturated heterocycles. The van der Waals surface area contributed by atoms with Crippen molar-refractivity contribution >= 4 is 5.78 Å². The summed E-state index contributed by atoms with van der Waals surface area (Å²) in [5.74, 6) is 1.59. The number of carbonyl (C=O) groups is 1. The van der Waals surface area contributed by atoms with Gasteiger partial charge in [-0.15, -0.1) is 0 Å². The van der Waals surface area contributed by atoms with Crippen LogP contribution in [0.1, 0.15) is 48.8 Å². The Morgan fingerprint density at radius 1 is 1.20 bits per heavy atom. The number of nitrogens with one attached hydrogen (secondary N) is 2.